The maximum absolute atomic E-state index is 12.3. The predicted molar refractivity (Wildman–Crippen MR) is 87.5 cm³/mol. The summed E-state index contributed by atoms with van der Waals surface area (Å²) in [7, 11) is 0.350. The van der Waals surface area contributed by atoms with Crippen molar-refractivity contribution in [1.82, 2.24) is 19.6 Å². The molecule has 130 valence electrons. The Morgan fingerprint density at radius 3 is 2.91 bits per heavy atom. The molecule has 1 aliphatic rings. The second-order valence-electron chi connectivity index (χ2n) is 6.02. The Bertz CT molecular complexity index is 642. The summed E-state index contributed by atoms with van der Waals surface area (Å²) in [6.45, 7) is 2.09. The van der Waals surface area contributed by atoms with Gasteiger partial charge in [0.05, 0.1) is 12.3 Å². The third-order valence-electron chi connectivity index (χ3n) is 3.71. The number of rotatable bonds is 6. The van der Waals surface area contributed by atoms with E-state index in [0.29, 0.717) is 18.8 Å². The van der Waals surface area contributed by atoms with Gasteiger partial charge in [0.15, 0.2) is 5.82 Å². The lowest BCUT2D eigenvalue weighted by Crippen LogP contribution is -2.43. The fourth-order valence-electron chi connectivity index (χ4n) is 2.58. The monoisotopic (exact) mass is 344 g/mol. The number of urea groups is 1. The second kappa shape index (κ2) is 7.28. The predicted octanol–water partition coefficient (Wildman–Crippen LogP) is -0.270. The number of likely N-dealkylation sites (tertiary alicyclic amines) is 1. The highest BCUT2D eigenvalue weighted by atomic mass is 32.2. The number of sulfonamides is 1. The molecule has 1 aliphatic heterocycles. The molecular formula is C13H24N6O3S. The number of likely N-dealkylation sites (N-methyl/N-ethyl adjacent to an activating group) is 1. The summed E-state index contributed by atoms with van der Waals surface area (Å²) in [6, 6.07) is 1.01. The maximum Gasteiger partial charge on any atom is 0.323 e. The van der Waals surface area contributed by atoms with E-state index in [0.717, 1.165) is 19.5 Å². The van der Waals surface area contributed by atoms with Gasteiger partial charge in [-0.25, -0.2) is 18.4 Å². The number of primary sulfonamides is 1. The maximum atomic E-state index is 12.3. The SMILES string of the molecule is CN(C)CCn1ccc(NC(=O)N2CCCC2CS(N)(=O)=O)n1. The third kappa shape index (κ3) is 5.48. The minimum atomic E-state index is -3.60. The highest BCUT2D eigenvalue weighted by Gasteiger charge is 2.31. The fourth-order valence-corrected chi connectivity index (χ4v) is 3.46. The molecule has 23 heavy (non-hydrogen) atoms. The summed E-state index contributed by atoms with van der Waals surface area (Å²) in [5.74, 6) is 0.243. The van der Waals surface area contributed by atoms with Crippen molar-refractivity contribution < 1.29 is 13.2 Å². The Morgan fingerprint density at radius 2 is 2.26 bits per heavy atom. The molecule has 0 saturated carbocycles. The summed E-state index contributed by atoms with van der Waals surface area (Å²) in [4.78, 5) is 15.9. The Morgan fingerprint density at radius 1 is 1.52 bits per heavy atom. The quantitative estimate of drug-likeness (QED) is 0.737. The Balaban J connectivity index is 1.93. The standard InChI is InChI=1S/C13H24N6O3S/c1-17(2)8-9-18-7-5-12(16-18)15-13(20)19-6-3-4-11(19)10-23(14,21)22/h5,7,11H,3-4,6,8-10H2,1-2H3,(H2,14,21,22)(H,15,16,20). The first-order chi connectivity index (χ1) is 10.7. The number of anilines is 1. The molecule has 0 aliphatic carbocycles. The first-order valence-electron chi connectivity index (χ1n) is 7.51. The van der Waals surface area contributed by atoms with Crippen molar-refractivity contribution in [3.05, 3.63) is 12.3 Å². The molecule has 1 aromatic rings. The Kier molecular flexibility index (Phi) is 5.60. The van der Waals surface area contributed by atoms with Crippen LogP contribution in [-0.2, 0) is 16.6 Å². The molecule has 10 heteroatoms. The first kappa shape index (κ1) is 17.7. The van der Waals surface area contributed by atoms with E-state index in [1.54, 1.807) is 16.9 Å². The van der Waals surface area contributed by atoms with Crippen LogP contribution in [-0.4, -0.2) is 73.0 Å². The lowest BCUT2D eigenvalue weighted by Gasteiger charge is -2.23. The summed E-state index contributed by atoms with van der Waals surface area (Å²) in [5, 5.41) is 12.1. The van der Waals surface area contributed by atoms with Gasteiger partial charge < -0.3 is 9.80 Å². The zero-order valence-electron chi connectivity index (χ0n) is 13.5. The molecule has 1 atom stereocenters. The van der Waals surface area contributed by atoms with Crippen LogP contribution in [0.2, 0.25) is 0 Å². The smallest absolute Gasteiger partial charge is 0.320 e. The molecule has 1 unspecified atom stereocenters. The molecule has 2 amide bonds. The summed E-state index contributed by atoms with van der Waals surface area (Å²) < 4.78 is 24.2. The number of hydrogen-bond acceptors (Lipinski definition) is 5. The van der Waals surface area contributed by atoms with Gasteiger partial charge in [-0.2, -0.15) is 5.10 Å². The van der Waals surface area contributed by atoms with E-state index in [1.165, 1.54) is 4.90 Å². The minimum Gasteiger partial charge on any atom is -0.320 e. The molecule has 2 rings (SSSR count). The van der Waals surface area contributed by atoms with E-state index in [2.05, 4.69) is 10.4 Å². The van der Waals surface area contributed by atoms with Crippen LogP contribution in [0.25, 0.3) is 0 Å². The van der Waals surface area contributed by atoms with Gasteiger partial charge in [-0.15, -0.1) is 0 Å². The topological polar surface area (TPSA) is 114 Å². The van der Waals surface area contributed by atoms with Crippen molar-refractivity contribution in [2.45, 2.75) is 25.4 Å². The third-order valence-corrected chi connectivity index (χ3v) is 4.56. The highest BCUT2D eigenvalue weighted by molar-refractivity contribution is 7.89. The van der Waals surface area contributed by atoms with Gasteiger partial charge in [-0.3, -0.25) is 10.00 Å². The zero-order valence-corrected chi connectivity index (χ0v) is 14.3. The van der Waals surface area contributed by atoms with Crippen LogP contribution >= 0.6 is 0 Å². The van der Waals surface area contributed by atoms with Crippen molar-refractivity contribution >= 4 is 21.9 Å². The molecule has 9 nitrogen and oxygen atoms in total. The number of nitrogens with one attached hydrogen (secondary N) is 1. The average molecular weight is 344 g/mol. The van der Waals surface area contributed by atoms with Crippen LogP contribution in [0.1, 0.15) is 12.8 Å². The summed E-state index contributed by atoms with van der Waals surface area (Å²) >= 11 is 0. The number of nitrogens with two attached hydrogens (primary N) is 1. The number of aromatic nitrogens is 2. The van der Waals surface area contributed by atoms with Crippen LogP contribution in [0, 0.1) is 0 Å². The molecule has 0 spiro atoms. The lowest BCUT2D eigenvalue weighted by atomic mass is 10.2. The van der Waals surface area contributed by atoms with Crippen LogP contribution < -0.4 is 10.5 Å². The number of carbonyl (C=O) groups is 1. The minimum absolute atomic E-state index is 0.211. The second-order valence-corrected chi connectivity index (χ2v) is 7.68. The van der Waals surface area contributed by atoms with Gasteiger partial charge in [0, 0.05) is 31.4 Å². The molecule has 0 radical (unpaired) electrons. The van der Waals surface area contributed by atoms with E-state index in [4.69, 9.17) is 5.14 Å². The molecule has 0 bridgehead atoms. The Hall–Kier alpha value is -1.65. The molecule has 1 fully saturated rings. The van der Waals surface area contributed by atoms with Crippen molar-refractivity contribution in [2.75, 3.05) is 38.3 Å². The number of amides is 2. The summed E-state index contributed by atoms with van der Waals surface area (Å²) in [5.41, 5.74) is 0. The van der Waals surface area contributed by atoms with Crippen LogP contribution in [0.3, 0.4) is 0 Å². The van der Waals surface area contributed by atoms with Crippen molar-refractivity contribution in [3.63, 3.8) is 0 Å². The van der Waals surface area contributed by atoms with E-state index >= 15 is 0 Å². The number of hydrogen-bond donors (Lipinski definition) is 2. The van der Waals surface area contributed by atoms with Gasteiger partial charge in [0.25, 0.3) is 0 Å². The normalized spacial score (nSPS) is 18.6. The van der Waals surface area contributed by atoms with Gasteiger partial charge in [-0.05, 0) is 26.9 Å². The molecule has 3 N–H and O–H groups in total. The molecule has 0 aromatic carbocycles. The van der Waals surface area contributed by atoms with E-state index in [1.807, 2.05) is 19.0 Å². The van der Waals surface area contributed by atoms with Gasteiger partial charge >= 0.3 is 6.03 Å². The van der Waals surface area contributed by atoms with Crippen LogP contribution in [0.4, 0.5) is 10.6 Å². The fraction of sp³-hybridized carbons (Fsp3) is 0.692. The number of nitrogens with zero attached hydrogens (tertiary/aromatic N) is 4. The Labute approximate surface area is 136 Å². The van der Waals surface area contributed by atoms with Gasteiger partial charge in [-0.1, -0.05) is 0 Å². The number of carbonyl (C=O) groups excluding carboxylic acids is 1. The van der Waals surface area contributed by atoms with Gasteiger partial charge in [0.1, 0.15) is 0 Å². The molecule has 2 heterocycles. The highest BCUT2D eigenvalue weighted by Crippen LogP contribution is 2.19. The summed E-state index contributed by atoms with van der Waals surface area (Å²) in [6.07, 6.45) is 3.21. The average Bonchev–Trinajstić information content (AvgIpc) is 3.03. The van der Waals surface area contributed by atoms with Crippen molar-refractivity contribution in [2.24, 2.45) is 5.14 Å². The van der Waals surface area contributed by atoms with Crippen molar-refractivity contribution in [3.8, 4) is 0 Å². The molecular weight excluding hydrogens is 320 g/mol. The van der Waals surface area contributed by atoms with E-state index < -0.39 is 10.0 Å². The largest absolute Gasteiger partial charge is 0.323 e. The molecule has 1 aromatic heterocycles. The van der Waals surface area contributed by atoms with Crippen LogP contribution in [0.15, 0.2) is 12.3 Å². The van der Waals surface area contributed by atoms with Gasteiger partial charge in [0.2, 0.25) is 10.0 Å². The van der Waals surface area contributed by atoms with E-state index in [-0.39, 0.29) is 17.8 Å². The van der Waals surface area contributed by atoms with Crippen LogP contribution in [0.5, 0.6) is 0 Å². The lowest BCUT2D eigenvalue weighted by molar-refractivity contribution is 0.210. The first-order valence-corrected chi connectivity index (χ1v) is 9.22. The molecule has 1 saturated heterocycles. The van der Waals surface area contributed by atoms with E-state index in [9.17, 15) is 13.2 Å². The van der Waals surface area contributed by atoms with Crippen molar-refractivity contribution in [1.29, 1.82) is 0 Å². The zero-order chi connectivity index (χ0) is 17.0.